The van der Waals surface area contributed by atoms with Crippen LogP contribution in [0.15, 0.2) is 61.4 Å². The monoisotopic (exact) mass is 391 g/mol. The summed E-state index contributed by atoms with van der Waals surface area (Å²) < 4.78 is 0. The Hall–Kier alpha value is -2.46. The van der Waals surface area contributed by atoms with Crippen LogP contribution in [0.4, 0.5) is 0 Å². The molecule has 1 aliphatic heterocycles. The van der Waals surface area contributed by atoms with Gasteiger partial charge >= 0.3 is 0 Å². The van der Waals surface area contributed by atoms with E-state index < -0.39 is 5.41 Å². The Morgan fingerprint density at radius 1 is 1.31 bits per heavy atom. The molecule has 0 aliphatic carbocycles. The maximum absolute atomic E-state index is 13.4. The van der Waals surface area contributed by atoms with Crippen LogP contribution in [0.1, 0.15) is 32.3 Å². The van der Waals surface area contributed by atoms with Gasteiger partial charge in [0.1, 0.15) is 0 Å². The first-order valence-corrected chi connectivity index (χ1v) is 10.6. The second-order valence-corrected chi connectivity index (χ2v) is 8.59. The number of nitrogens with one attached hydrogen (secondary N) is 1. The minimum absolute atomic E-state index is 0.145. The first-order valence-electron chi connectivity index (χ1n) is 10.6. The van der Waals surface area contributed by atoms with E-state index in [0.717, 1.165) is 50.0 Å². The van der Waals surface area contributed by atoms with Crippen molar-refractivity contribution in [3.63, 3.8) is 0 Å². The van der Waals surface area contributed by atoms with Gasteiger partial charge in [-0.1, -0.05) is 50.3 Å². The van der Waals surface area contributed by atoms with Crippen molar-refractivity contribution >= 4 is 5.91 Å². The third-order valence-electron chi connectivity index (χ3n) is 5.69. The first kappa shape index (κ1) is 21.3. The fraction of sp³-hybridized carbons (Fsp3) is 0.440. The second kappa shape index (κ2) is 9.84. The van der Waals surface area contributed by atoms with Crippen molar-refractivity contribution in [3.05, 3.63) is 67.0 Å². The maximum atomic E-state index is 13.4. The van der Waals surface area contributed by atoms with Gasteiger partial charge in [0.25, 0.3) is 0 Å². The van der Waals surface area contributed by atoms with E-state index in [2.05, 4.69) is 66.0 Å². The summed E-state index contributed by atoms with van der Waals surface area (Å²) in [5.41, 5.74) is 3.05. The van der Waals surface area contributed by atoms with Gasteiger partial charge in [-0.3, -0.25) is 9.78 Å². The zero-order chi connectivity index (χ0) is 20.7. The van der Waals surface area contributed by atoms with Crippen LogP contribution < -0.4 is 5.32 Å². The van der Waals surface area contributed by atoms with Crippen LogP contribution in [-0.4, -0.2) is 42.0 Å². The Bertz CT molecular complexity index is 818. The number of pyridine rings is 1. The lowest BCUT2D eigenvalue weighted by molar-refractivity contribution is -0.134. The van der Waals surface area contributed by atoms with Gasteiger partial charge in [0.05, 0.1) is 5.41 Å². The van der Waals surface area contributed by atoms with Crippen LogP contribution in [0.25, 0.3) is 11.1 Å². The molecule has 1 atom stereocenters. The molecule has 4 nitrogen and oxygen atoms in total. The number of hydrogen-bond acceptors (Lipinski definition) is 3. The molecule has 1 aromatic carbocycles. The SMILES string of the molecule is C=CCNC(=O)[C@@]1(Cc2ccccc2-c2cccnc2)CCCN(CC(C)C)C1. The average Bonchev–Trinajstić information content (AvgIpc) is 2.72. The van der Waals surface area contributed by atoms with Crippen LogP contribution >= 0.6 is 0 Å². The molecule has 1 N–H and O–H groups in total. The molecule has 1 amide bonds. The number of aromatic nitrogens is 1. The van der Waals surface area contributed by atoms with Crippen LogP contribution in [0.2, 0.25) is 0 Å². The molecule has 4 heteroatoms. The van der Waals surface area contributed by atoms with Gasteiger partial charge in [-0.25, -0.2) is 0 Å². The van der Waals surface area contributed by atoms with E-state index in [0.29, 0.717) is 12.5 Å². The molecule has 0 spiro atoms. The summed E-state index contributed by atoms with van der Waals surface area (Å²) in [6.07, 6.45) is 8.13. The Morgan fingerprint density at radius 3 is 2.86 bits per heavy atom. The molecule has 2 aromatic rings. The fourth-order valence-electron chi connectivity index (χ4n) is 4.50. The van der Waals surface area contributed by atoms with Gasteiger partial charge in [0, 0.05) is 37.6 Å². The average molecular weight is 392 g/mol. The van der Waals surface area contributed by atoms with Gasteiger partial charge in [0.15, 0.2) is 0 Å². The molecule has 0 bridgehead atoms. The zero-order valence-corrected chi connectivity index (χ0v) is 17.7. The normalized spacial score (nSPS) is 19.8. The minimum Gasteiger partial charge on any atom is -0.352 e. The zero-order valence-electron chi connectivity index (χ0n) is 17.7. The molecule has 1 aromatic heterocycles. The summed E-state index contributed by atoms with van der Waals surface area (Å²) in [5, 5.41) is 3.10. The molecule has 1 saturated heterocycles. The van der Waals surface area contributed by atoms with Gasteiger partial charge in [-0.15, -0.1) is 6.58 Å². The number of piperidine rings is 1. The van der Waals surface area contributed by atoms with E-state index in [1.54, 1.807) is 12.3 Å². The van der Waals surface area contributed by atoms with E-state index in [9.17, 15) is 4.79 Å². The first-order chi connectivity index (χ1) is 14.0. The van der Waals surface area contributed by atoms with Gasteiger partial charge in [-0.2, -0.15) is 0 Å². The highest BCUT2D eigenvalue weighted by Gasteiger charge is 2.42. The highest BCUT2D eigenvalue weighted by atomic mass is 16.2. The molecule has 29 heavy (non-hydrogen) atoms. The highest BCUT2D eigenvalue weighted by Crippen LogP contribution is 2.37. The van der Waals surface area contributed by atoms with Crippen LogP contribution in [0.3, 0.4) is 0 Å². The van der Waals surface area contributed by atoms with E-state index in [-0.39, 0.29) is 5.91 Å². The smallest absolute Gasteiger partial charge is 0.228 e. The standard InChI is InChI=1S/C25H33N3O/c1-4-13-27-24(29)25(12-8-15-28(19-25)18-20(2)3)16-21-9-5-6-11-23(21)22-10-7-14-26-17-22/h4-7,9-11,14,17,20H,1,8,12-13,15-16,18-19H2,2-3H3,(H,27,29)/t25-/m1/s1. The number of rotatable bonds is 8. The van der Waals surface area contributed by atoms with Crippen molar-refractivity contribution in [3.8, 4) is 11.1 Å². The van der Waals surface area contributed by atoms with E-state index in [1.807, 2.05) is 12.3 Å². The fourth-order valence-corrected chi connectivity index (χ4v) is 4.50. The predicted octanol–water partition coefficient (Wildman–Crippen LogP) is 4.33. The summed E-state index contributed by atoms with van der Waals surface area (Å²) in [7, 11) is 0. The lowest BCUT2D eigenvalue weighted by Crippen LogP contribution is -2.53. The number of hydrogen-bond donors (Lipinski definition) is 1. The van der Waals surface area contributed by atoms with Crippen LogP contribution in [-0.2, 0) is 11.2 Å². The molecular formula is C25H33N3O. The maximum Gasteiger partial charge on any atom is 0.228 e. The Labute approximate surface area is 175 Å². The van der Waals surface area contributed by atoms with Crippen LogP contribution in [0.5, 0.6) is 0 Å². The molecule has 2 heterocycles. The largest absolute Gasteiger partial charge is 0.352 e. The highest BCUT2D eigenvalue weighted by molar-refractivity contribution is 5.84. The van der Waals surface area contributed by atoms with Crippen molar-refractivity contribution in [1.82, 2.24) is 15.2 Å². The summed E-state index contributed by atoms with van der Waals surface area (Å²) in [4.78, 5) is 20.1. The van der Waals surface area contributed by atoms with E-state index >= 15 is 0 Å². The van der Waals surface area contributed by atoms with Crippen LogP contribution in [0, 0.1) is 11.3 Å². The molecule has 0 unspecified atom stereocenters. The molecule has 154 valence electrons. The lowest BCUT2D eigenvalue weighted by atomic mass is 9.73. The topological polar surface area (TPSA) is 45.2 Å². The van der Waals surface area contributed by atoms with Crippen molar-refractivity contribution < 1.29 is 4.79 Å². The molecule has 0 saturated carbocycles. The second-order valence-electron chi connectivity index (χ2n) is 8.59. The van der Waals surface area contributed by atoms with Crippen molar-refractivity contribution in [1.29, 1.82) is 0 Å². The summed E-state index contributed by atoms with van der Waals surface area (Å²) in [6, 6.07) is 12.5. The minimum atomic E-state index is -0.422. The van der Waals surface area contributed by atoms with Gasteiger partial charge in [-0.05, 0) is 48.9 Å². The number of carbonyl (C=O) groups is 1. The molecule has 3 rings (SSSR count). The number of benzene rings is 1. The number of likely N-dealkylation sites (tertiary alicyclic amines) is 1. The van der Waals surface area contributed by atoms with Gasteiger partial charge < -0.3 is 10.2 Å². The molecule has 1 fully saturated rings. The Morgan fingerprint density at radius 2 is 2.14 bits per heavy atom. The third kappa shape index (κ3) is 5.33. The van der Waals surface area contributed by atoms with Crippen molar-refractivity contribution in [2.45, 2.75) is 33.1 Å². The number of carbonyl (C=O) groups excluding carboxylic acids is 1. The quantitative estimate of drug-likeness (QED) is 0.681. The predicted molar refractivity (Wildman–Crippen MR) is 120 cm³/mol. The van der Waals surface area contributed by atoms with Crippen molar-refractivity contribution in [2.24, 2.45) is 11.3 Å². The Balaban J connectivity index is 1.94. The van der Waals surface area contributed by atoms with Gasteiger partial charge in [0.2, 0.25) is 5.91 Å². The molecule has 0 radical (unpaired) electrons. The van der Waals surface area contributed by atoms with Crippen molar-refractivity contribution in [2.75, 3.05) is 26.2 Å². The molecule has 1 aliphatic rings. The van der Waals surface area contributed by atoms with E-state index in [1.165, 1.54) is 5.56 Å². The lowest BCUT2D eigenvalue weighted by Gasteiger charge is -2.42. The summed E-state index contributed by atoms with van der Waals surface area (Å²) in [5.74, 6) is 0.733. The summed E-state index contributed by atoms with van der Waals surface area (Å²) >= 11 is 0. The summed E-state index contributed by atoms with van der Waals surface area (Å²) in [6.45, 7) is 11.7. The third-order valence-corrected chi connectivity index (χ3v) is 5.69. The Kier molecular flexibility index (Phi) is 7.21. The number of nitrogens with zero attached hydrogens (tertiary/aromatic N) is 2. The molecular weight excluding hydrogens is 358 g/mol. The number of amides is 1. The van der Waals surface area contributed by atoms with E-state index in [4.69, 9.17) is 0 Å².